The molecule has 2 aromatic rings. The minimum Gasteiger partial charge on any atom is -0.367 e. The normalized spacial score (nSPS) is 18.5. The minimum absolute atomic E-state index is 0.0177. The van der Waals surface area contributed by atoms with Gasteiger partial charge >= 0.3 is 0 Å². The van der Waals surface area contributed by atoms with Gasteiger partial charge in [0.2, 0.25) is 16.0 Å². The van der Waals surface area contributed by atoms with Crippen LogP contribution in [0, 0.1) is 0 Å². The summed E-state index contributed by atoms with van der Waals surface area (Å²) in [6, 6.07) is 0.498. The van der Waals surface area contributed by atoms with Crippen molar-refractivity contribution in [3.8, 4) is 0 Å². The zero-order valence-corrected chi connectivity index (χ0v) is 16.7. The van der Waals surface area contributed by atoms with Crippen LogP contribution in [-0.4, -0.2) is 72.9 Å². The highest BCUT2D eigenvalue weighted by Crippen LogP contribution is 2.23. The van der Waals surface area contributed by atoms with E-state index in [1.54, 1.807) is 12.4 Å². The average molecular weight is 407 g/mol. The Kier molecular flexibility index (Phi) is 5.56. The number of nitrogens with one attached hydrogen (secondary N) is 3. The third kappa shape index (κ3) is 4.31. The highest BCUT2D eigenvalue weighted by molar-refractivity contribution is 7.89. The quantitative estimate of drug-likeness (QED) is 0.560. The second-order valence-electron chi connectivity index (χ2n) is 7.34. The molecule has 28 heavy (non-hydrogen) atoms. The van der Waals surface area contributed by atoms with Crippen molar-refractivity contribution < 1.29 is 8.42 Å². The fourth-order valence-electron chi connectivity index (χ4n) is 3.60. The van der Waals surface area contributed by atoms with E-state index in [-0.39, 0.29) is 18.3 Å². The molecule has 3 N–H and O–H groups in total. The summed E-state index contributed by atoms with van der Waals surface area (Å²) in [4.78, 5) is 19.7. The van der Waals surface area contributed by atoms with Gasteiger partial charge in [0.05, 0.1) is 5.75 Å². The summed E-state index contributed by atoms with van der Waals surface area (Å²) in [6.45, 7) is 1.88. The first-order valence-electron chi connectivity index (χ1n) is 9.69. The van der Waals surface area contributed by atoms with Crippen molar-refractivity contribution >= 4 is 33.0 Å². The number of anilines is 2. The van der Waals surface area contributed by atoms with E-state index >= 15 is 0 Å². The molecule has 2 aliphatic rings. The molecule has 4 rings (SSSR count). The van der Waals surface area contributed by atoms with Crippen LogP contribution >= 0.6 is 0 Å². The molecule has 1 aliphatic carbocycles. The Balaban J connectivity index is 1.45. The van der Waals surface area contributed by atoms with Gasteiger partial charge in [-0.3, -0.25) is 0 Å². The fraction of sp³-hybridized carbons (Fsp3) is 0.647. The molecule has 0 radical (unpaired) electrons. The zero-order chi connectivity index (χ0) is 19.6. The molecule has 1 aliphatic heterocycles. The number of nitrogens with zero attached hydrogens (tertiary/aromatic N) is 5. The molecule has 152 valence electrons. The number of aromatic nitrogens is 4. The molecule has 3 heterocycles. The van der Waals surface area contributed by atoms with Crippen molar-refractivity contribution in [2.75, 3.05) is 42.7 Å². The lowest BCUT2D eigenvalue weighted by Crippen LogP contribution is -2.57. The van der Waals surface area contributed by atoms with Crippen molar-refractivity contribution in [1.29, 1.82) is 0 Å². The molecule has 1 saturated carbocycles. The van der Waals surface area contributed by atoms with Crippen LogP contribution in [0.1, 0.15) is 25.7 Å². The number of rotatable bonds is 8. The van der Waals surface area contributed by atoms with Crippen LogP contribution in [0.5, 0.6) is 0 Å². The summed E-state index contributed by atoms with van der Waals surface area (Å²) in [6.07, 6.45) is 7.19. The van der Waals surface area contributed by atoms with Gasteiger partial charge < -0.3 is 15.5 Å². The first-order valence-corrected chi connectivity index (χ1v) is 11.3. The maximum Gasteiger partial charge on any atom is 0.229 e. The zero-order valence-electron chi connectivity index (χ0n) is 15.9. The molecule has 1 saturated heterocycles. The highest BCUT2D eigenvalue weighted by Gasteiger charge is 2.28. The van der Waals surface area contributed by atoms with Crippen molar-refractivity contribution in [2.24, 2.45) is 0 Å². The summed E-state index contributed by atoms with van der Waals surface area (Å²) >= 11 is 0. The minimum atomic E-state index is -3.33. The van der Waals surface area contributed by atoms with E-state index in [9.17, 15) is 8.42 Å². The van der Waals surface area contributed by atoms with Gasteiger partial charge in [-0.05, 0) is 19.9 Å². The van der Waals surface area contributed by atoms with Crippen molar-refractivity contribution in [3.63, 3.8) is 0 Å². The Morgan fingerprint density at radius 2 is 1.86 bits per heavy atom. The smallest absolute Gasteiger partial charge is 0.229 e. The number of sulfonamides is 1. The molecule has 2 fully saturated rings. The van der Waals surface area contributed by atoms with Gasteiger partial charge in [-0.15, -0.1) is 0 Å². The van der Waals surface area contributed by atoms with Crippen molar-refractivity contribution in [2.45, 2.75) is 37.8 Å². The molecule has 0 aromatic carbocycles. The molecular weight excluding hydrogens is 380 g/mol. The van der Waals surface area contributed by atoms with Crippen LogP contribution in [0.3, 0.4) is 0 Å². The van der Waals surface area contributed by atoms with Crippen molar-refractivity contribution in [1.82, 2.24) is 30.0 Å². The SMILES string of the molecule is CNC1CN(c2nc(NCCS(=O)(=O)NC3CCCC3)c3nccnc3n2)C1. The maximum atomic E-state index is 12.3. The van der Waals surface area contributed by atoms with Gasteiger partial charge in [-0.25, -0.2) is 23.1 Å². The molecule has 0 unspecified atom stereocenters. The number of likely N-dealkylation sites (N-methyl/N-ethyl adjacent to an activating group) is 1. The number of hydrogen-bond acceptors (Lipinski definition) is 9. The lowest BCUT2D eigenvalue weighted by Gasteiger charge is -2.39. The second kappa shape index (κ2) is 8.10. The van der Waals surface area contributed by atoms with Crippen molar-refractivity contribution in [3.05, 3.63) is 12.4 Å². The third-order valence-electron chi connectivity index (χ3n) is 5.26. The van der Waals surface area contributed by atoms with E-state index in [1.165, 1.54) is 0 Å². The van der Waals surface area contributed by atoms with Crippen LogP contribution in [0.25, 0.3) is 11.2 Å². The molecule has 0 amide bonds. The van der Waals surface area contributed by atoms with E-state index in [4.69, 9.17) is 0 Å². The molecule has 10 nitrogen and oxygen atoms in total. The summed E-state index contributed by atoms with van der Waals surface area (Å²) in [5.41, 5.74) is 1.04. The van der Waals surface area contributed by atoms with Crippen LogP contribution < -0.4 is 20.3 Å². The lowest BCUT2D eigenvalue weighted by molar-refractivity contribution is 0.444. The van der Waals surface area contributed by atoms with Crippen LogP contribution in [-0.2, 0) is 10.0 Å². The Bertz CT molecular complexity index is 926. The van der Waals surface area contributed by atoms with Gasteiger partial charge in [0.25, 0.3) is 0 Å². The Morgan fingerprint density at radius 3 is 2.61 bits per heavy atom. The second-order valence-corrected chi connectivity index (χ2v) is 9.21. The summed E-state index contributed by atoms with van der Waals surface area (Å²) in [7, 11) is -1.40. The Morgan fingerprint density at radius 1 is 1.11 bits per heavy atom. The topological polar surface area (TPSA) is 125 Å². The van der Waals surface area contributed by atoms with Gasteiger partial charge in [0.15, 0.2) is 17.0 Å². The summed E-state index contributed by atoms with van der Waals surface area (Å²) in [5, 5.41) is 6.34. The number of fused-ring (bicyclic) bond motifs is 1. The molecule has 0 atom stereocenters. The average Bonchev–Trinajstić information content (AvgIpc) is 3.13. The Hall–Kier alpha value is -2.11. The van der Waals surface area contributed by atoms with Crippen LogP contribution in [0.2, 0.25) is 0 Å². The maximum absolute atomic E-state index is 12.3. The van der Waals surface area contributed by atoms with E-state index in [2.05, 4.69) is 40.2 Å². The summed E-state index contributed by atoms with van der Waals surface area (Å²) < 4.78 is 27.4. The van der Waals surface area contributed by atoms with E-state index in [0.29, 0.717) is 29.0 Å². The van der Waals surface area contributed by atoms with E-state index in [1.807, 2.05) is 7.05 Å². The van der Waals surface area contributed by atoms with E-state index < -0.39 is 10.0 Å². The molecule has 0 spiro atoms. The Labute approximate surface area is 164 Å². The first kappa shape index (κ1) is 19.2. The predicted octanol–water partition coefficient (Wildman–Crippen LogP) is 0.102. The van der Waals surface area contributed by atoms with Gasteiger partial charge in [-0.1, -0.05) is 12.8 Å². The van der Waals surface area contributed by atoms with E-state index in [0.717, 1.165) is 38.8 Å². The molecule has 11 heteroatoms. The highest BCUT2D eigenvalue weighted by atomic mass is 32.2. The van der Waals surface area contributed by atoms with Gasteiger partial charge in [0, 0.05) is 44.1 Å². The van der Waals surface area contributed by atoms with Gasteiger partial charge in [0.1, 0.15) is 0 Å². The third-order valence-corrected chi connectivity index (χ3v) is 6.69. The molecular formula is C17H26N8O2S. The predicted molar refractivity (Wildman–Crippen MR) is 108 cm³/mol. The lowest BCUT2D eigenvalue weighted by atomic mass is 10.1. The number of hydrogen-bond donors (Lipinski definition) is 3. The molecule has 0 bridgehead atoms. The standard InChI is InChI=1S/C17H26N8O2S/c1-18-13-10-25(11-13)17-22-15-14(19-6-7-20-15)16(23-17)21-8-9-28(26,27)24-12-4-2-3-5-12/h6-7,12-13,18,24H,2-5,8-11H2,1H3,(H,20,21,22,23). The molecule has 2 aromatic heterocycles. The van der Waals surface area contributed by atoms with Crippen LogP contribution in [0.4, 0.5) is 11.8 Å². The largest absolute Gasteiger partial charge is 0.367 e. The fourth-order valence-corrected chi connectivity index (χ4v) is 4.83. The first-order chi connectivity index (χ1) is 13.5. The monoisotopic (exact) mass is 406 g/mol. The summed E-state index contributed by atoms with van der Waals surface area (Å²) in [5.74, 6) is 1.07. The van der Waals surface area contributed by atoms with Gasteiger partial charge in [-0.2, -0.15) is 9.97 Å². The van der Waals surface area contributed by atoms with Crippen LogP contribution in [0.15, 0.2) is 12.4 Å².